The number of ether oxygens (including phenoxy) is 1. The van der Waals surface area contributed by atoms with Crippen molar-refractivity contribution >= 4 is 11.1 Å². The van der Waals surface area contributed by atoms with Gasteiger partial charge in [0, 0.05) is 13.1 Å². The second-order valence-electron chi connectivity index (χ2n) is 3.68. The molecule has 2 aliphatic heterocycles. The molecule has 0 aromatic heterocycles. The van der Waals surface area contributed by atoms with E-state index in [2.05, 4.69) is 16.8 Å². The Bertz CT molecular complexity index is 139. The average molecular weight is 175 g/mol. The second-order valence-corrected chi connectivity index (χ2v) is 5.94. The van der Waals surface area contributed by atoms with Crippen LogP contribution in [0.2, 0.25) is 0 Å². The summed E-state index contributed by atoms with van der Waals surface area (Å²) in [7, 11) is 0. The Hall–Kier alpha value is 0.270. The van der Waals surface area contributed by atoms with Gasteiger partial charge in [-0.3, -0.25) is 4.31 Å². The summed E-state index contributed by atoms with van der Waals surface area (Å²) in [5.74, 6) is 0. The van der Waals surface area contributed by atoms with E-state index in [1.165, 1.54) is 25.9 Å². The summed E-state index contributed by atoms with van der Waals surface area (Å²) in [5.41, 5.74) is 0. The molecule has 0 radical (unpaired) electrons. The van der Waals surface area contributed by atoms with Gasteiger partial charge < -0.3 is 4.74 Å². The molecule has 2 rings (SSSR count). The maximum atomic E-state index is 5.75. The molecule has 2 atom stereocenters. The van der Waals surface area contributed by atoms with E-state index in [0.717, 1.165) is 0 Å². The lowest BCUT2D eigenvalue weighted by molar-refractivity contribution is -0.00884. The molecule has 3 heteroatoms. The topological polar surface area (TPSA) is 12.5 Å². The molecule has 0 saturated carbocycles. The Balaban J connectivity index is 1.97. The van der Waals surface area contributed by atoms with Gasteiger partial charge in [0.05, 0.1) is 12.2 Å². The van der Waals surface area contributed by atoms with Crippen LogP contribution < -0.4 is 0 Å². The highest BCUT2D eigenvalue weighted by molar-refractivity contribution is 8.13. The number of thiol groups is 1. The van der Waals surface area contributed by atoms with Crippen molar-refractivity contribution in [2.24, 2.45) is 0 Å². The molecule has 2 aliphatic rings. The van der Waals surface area contributed by atoms with Crippen molar-refractivity contribution in [1.82, 2.24) is 4.31 Å². The van der Waals surface area contributed by atoms with Gasteiger partial charge in [-0.1, -0.05) is 0 Å². The third-order valence-corrected chi connectivity index (χ3v) is 4.05. The highest BCUT2D eigenvalue weighted by Gasteiger charge is 2.33. The van der Waals surface area contributed by atoms with Crippen LogP contribution >= 0.6 is 11.1 Å². The third kappa shape index (κ3) is 1.55. The molecule has 0 N–H and O–H groups in total. The first-order valence-electron chi connectivity index (χ1n) is 4.33. The Labute approximate surface area is 71.4 Å². The van der Waals surface area contributed by atoms with Gasteiger partial charge in [-0.25, -0.2) is 11.1 Å². The second kappa shape index (κ2) is 2.96. The summed E-state index contributed by atoms with van der Waals surface area (Å²) in [6, 6.07) is 0. The summed E-state index contributed by atoms with van der Waals surface area (Å²) >= 11 is 0.121. The van der Waals surface area contributed by atoms with Gasteiger partial charge in [0.2, 0.25) is 0 Å². The highest BCUT2D eigenvalue weighted by Crippen LogP contribution is 2.33. The molecule has 2 fully saturated rings. The Kier molecular flexibility index (Phi) is 2.12. The standard InChI is InChI=1S/C8H17NOS/c1-11(2)9-5-7-3-4-8(6-9)10-7/h7-8,11H,3-6H2,1-2H3. The van der Waals surface area contributed by atoms with Gasteiger partial charge in [0.1, 0.15) is 0 Å². The highest BCUT2D eigenvalue weighted by atomic mass is 32.2. The van der Waals surface area contributed by atoms with Crippen molar-refractivity contribution < 1.29 is 4.74 Å². The van der Waals surface area contributed by atoms with Crippen LogP contribution in [0.15, 0.2) is 0 Å². The van der Waals surface area contributed by atoms with E-state index in [1.54, 1.807) is 0 Å². The summed E-state index contributed by atoms with van der Waals surface area (Å²) in [4.78, 5) is 0. The van der Waals surface area contributed by atoms with Crippen LogP contribution in [0.4, 0.5) is 0 Å². The van der Waals surface area contributed by atoms with Crippen molar-refractivity contribution in [2.45, 2.75) is 25.0 Å². The van der Waals surface area contributed by atoms with Gasteiger partial charge in [-0.05, 0) is 25.4 Å². The maximum absolute atomic E-state index is 5.75. The first-order valence-corrected chi connectivity index (χ1v) is 6.52. The Morgan fingerprint density at radius 2 is 1.73 bits per heavy atom. The number of hydrogen-bond donors (Lipinski definition) is 1. The Morgan fingerprint density at radius 3 is 2.18 bits per heavy atom. The fourth-order valence-electron chi connectivity index (χ4n) is 1.92. The molecule has 0 spiro atoms. The van der Waals surface area contributed by atoms with Crippen LogP contribution in [0.25, 0.3) is 0 Å². The smallest absolute Gasteiger partial charge is 0.0716 e. The fraction of sp³-hybridized carbons (Fsp3) is 1.00. The molecule has 66 valence electrons. The van der Waals surface area contributed by atoms with Crippen LogP contribution in [0.3, 0.4) is 0 Å². The first kappa shape index (κ1) is 7.90. The lowest BCUT2D eigenvalue weighted by Crippen LogP contribution is -2.40. The minimum atomic E-state index is 0.121. The van der Waals surface area contributed by atoms with E-state index in [4.69, 9.17) is 4.74 Å². The zero-order chi connectivity index (χ0) is 7.84. The van der Waals surface area contributed by atoms with E-state index < -0.39 is 0 Å². The van der Waals surface area contributed by atoms with E-state index in [0.29, 0.717) is 12.2 Å². The fourth-order valence-corrected chi connectivity index (χ4v) is 2.94. The van der Waals surface area contributed by atoms with Crippen LogP contribution in [0.5, 0.6) is 0 Å². The number of hydrogen-bond acceptors (Lipinski definition) is 2. The summed E-state index contributed by atoms with van der Waals surface area (Å²) in [6.07, 6.45) is 8.40. The molecule has 2 heterocycles. The predicted molar refractivity (Wildman–Crippen MR) is 50.3 cm³/mol. The molecule has 2 nitrogen and oxygen atoms in total. The van der Waals surface area contributed by atoms with Crippen molar-refractivity contribution in [3.05, 3.63) is 0 Å². The minimum absolute atomic E-state index is 0.121. The third-order valence-electron chi connectivity index (χ3n) is 2.59. The van der Waals surface area contributed by atoms with Crippen LogP contribution in [-0.2, 0) is 4.74 Å². The number of fused-ring (bicyclic) bond motifs is 2. The molecule has 2 bridgehead atoms. The minimum Gasteiger partial charge on any atom is -0.372 e. The quantitative estimate of drug-likeness (QED) is 0.598. The summed E-state index contributed by atoms with van der Waals surface area (Å²) in [6.45, 7) is 2.38. The molecular formula is C8H17NOS. The van der Waals surface area contributed by atoms with Crippen molar-refractivity contribution in [3.8, 4) is 0 Å². The molecule has 0 aromatic carbocycles. The number of morpholine rings is 1. The van der Waals surface area contributed by atoms with E-state index in [1.807, 2.05) is 0 Å². The zero-order valence-corrected chi connectivity index (χ0v) is 8.18. The monoisotopic (exact) mass is 175 g/mol. The molecule has 0 amide bonds. The summed E-state index contributed by atoms with van der Waals surface area (Å²) < 4.78 is 8.34. The van der Waals surface area contributed by atoms with E-state index >= 15 is 0 Å². The number of rotatable bonds is 1. The number of nitrogens with zero attached hydrogens (tertiary/aromatic N) is 1. The first-order chi connectivity index (χ1) is 5.25. The van der Waals surface area contributed by atoms with Crippen LogP contribution in [0.1, 0.15) is 12.8 Å². The van der Waals surface area contributed by atoms with Gasteiger partial charge in [0.15, 0.2) is 0 Å². The SMILES string of the molecule is C[SH](C)N1CC2CCC(C1)O2. The molecule has 0 aliphatic carbocycles. The lowest BCUT2D eigenvalue weighted by Gasteiger charge is -2.36. The van der Waals surface area contributed by atoms with Gasteiger partial charge in [0.25, 0.3) is 0 Å². The zero-order valence-electron chi connectivity index (χ0n) is 7.29. The lowest BCUT2D eigenvalue weighted by atomic mass is 10.2. The van der Waals surface area contributed by atoms with Crippen molar-refractivity contribution in [1.29, 1.82) is 0 Å². The van der Waals surface area contributed by atoms with Crippen molar-refractivity contribution in [2.75, 3.05) is 25.6 Å². The molecule has 2 unspecified atom stereocenters. The van der Waals surface area contributed by atoms with Gasteiger partial charge in [-0.2, -0.15) is 0 Å². The van der Waals surface area contributed by atoms with Gasteiger partial charge in [-0.15, -0.1) is 0 Å². The summed E-state index contributed by atoms with van der Waals surface area (Å²) in [5, 5.41) is 0. The van der Waals surface area contributed by atoms with Crippen LogP contribution in [-0.4, -0.2) is 42.1 Å². The molecule has 2 saturated heterocycles. The van der Waals surface area contributed by atoms with E-state index in [9.17, 15) is 0 Å². The predicted octanol–water partition coefficient (Wildman–Crippen LogP) is 1.03. The van der Waals surface area contributed by atoms with Crippen molar-refractivity contribution in [3.63, 3.8) is 0 Å². The van der Waals surface area contributed by atoms with E-state index in [-0.39, 0.29) is 11.1 Å². The Morgan fingerprint density at radius 1 is 1.18 bits per heavy atom. The largest absolute Gasteiger partial charge is 0.372 e. The molecular weight excluding hydrogens is 158 g/mol. The molecule has 11 heavy (non-hydrogen) atoms. The maximum Gasteiger partial charge on any atom is 0.0716 e. The van der Waals surface area contributed by atoms with Crippen LogP contribution in [0, 0.1) is 0 Å². The normalized spacial score (nSPS) is 39.3. The van der Waals surface area contributed by atoms with Gasteiger partial charge >= 0.3 is 0 Å². The average Bonchev–Trinajstić information content (AvgIpc) is 2.30. The molecule has 0 aromatic rings.